The van der Waals surface area contributed by atoms with Crippen molar-refractivity contribution in [2.45, 2.75) is 86.0 Å². The molecule has 0 aromatic rings. The van der Waals surface area contributed by atoms with Crippen molar-refractivity contribution < 1.29 is 5.11 Å². The maximum atomic E-state index is 8.90. The lowest BCUT2D eigenvalue weighted by Gasteiger charge is -2.41. The largest absolute Gasteiger partial charge is 0.392 e. The highest BCUT2D eigenvalue weighted by Gasteiger charge is 2.34. The third kappa shape index (κ3) is 8.08. The number of hydrogen-bond donors (Lipinski definition) is 1. The summed E-state index contributed by atoms with van der Waals surface area (Å²) < 4.78 is 0. The molecular weight excluding hydrogens is 316 g/mol. The number of allylic oxidation sites excluding steroid dienone is 5. The third-order valence-electron chi connectivity index (χ3n) is 6.08. The van der Waals surface area contributed by atoms with Gasteiger partial charge in [-0.05, 0) is 75.0 Å². The molecule has 1 saturated carbocycles. The van der Waals surface area contributed by atoms with E-state index in [2.05, 4.69) is 59.9 Å². The molecule has 1 N–H and O–H groups in total. The Balaban J connectivity index is 2.44. The zero-order chi connectivity index (χ0) is 19.8. The number of hydrogen-bond acceptors (Lipinski definition) is 1. The summed E-state index contributed by atoms with van der Waals surface area (Å²) >= 11 is 0. The van der Waals surface area contributed by atoms with Gasteiger partial charge in [-0.1, -0.05) is 75.8 Å². The molecule has 0 spiro atoms. The monoisotopic (exact) mass is 358 g/mol. The van der Waals surface area contributed by atoms with Gasteiger partial charge in [-0.3, -0.25) is 0 Å². The minimum Gasteiger partial charge on any atom is -0.392 e. The van der Waals surface area contributed by atoms with Crippen molar-refractivity contribution in [1.29, 1.82) is 0 Å². The lowest BCUT2D eigenvalue weighted by atomic mass is 9.64. The molecule has 0 bridgehead atoms. The molecule has 1 aliphatic carbocycles. The zero-order valence-corrected chi connectivity index (χ0v) is 18.0. The van der Waals surface area contributed by atoms with Gasteiger partial charge >= 0.3 is 0 Å². The predicted octanol–water partition coefficient (Wildman–Crippen LogP) is 7.40. The Kier molecular flexibility index (Phi) is 9.10. The molecule has 148 valence electrons. The molecular formula is C25H42O. The minimum absolute atomic E-state index is 0.146. The summed E-state index contributed by atoms with van der Waals surface area (Å²) in [6, 6.07) is 0. The first-order valence-electron chi connectivity index (χ1n) is 10.4. The average Bonchev–Trinajstić information content (AvgIpc) is 2.53. The van der Waals surface area contributed by atoms with Crippen LogP contribution in [-0.4, -0.2) is 11.7 Å². The van der Waals surface area contributed by atoms with Gasteiger partial charge < -0.3 is 5.11 Å². The molecule has 0 unspecified atom stereocenters. The second-order valence-corrected chi connectivity index (χ2v) is 9.67. The van der Waals surface area contributed by atoms with Gasteiger partial charge in [0.1, 0.15) is 0 Å². The van der Waals surface area contributed by atoms with Crippen molar-refractivity contribution in [2.75, 3.05) is 6.61 Å². The second kappa shape index (κ2) is 10.3. The maximum absolute atomic E-state index is 8.90. The fraction of sp³-hybridized carbons (Fsp3) is 0.680. The molecule has 1 rings (SSSR count). The molecule has 0 aliphatic heterocycles. The summed E-state index contributed by atoms with van der Waals surface area (Å²) in [5.74, 6) is 0.601. The first kappa shape index (κ1) is 23.0. The molecule has 1 nitrogen and oxygen atoms in total. The van der Waals surface area contributed by atoms with Gasteiger partial charge in [-0.2, -0.15) is 0 Å². The highest BCUT2D eigenvalue weighted by atomic mass is 16.2. The van der Waals surface area contributed by atoms with E-state index in [0.29, 0.717) is 11.3 Å². The van der Waals surface area contributed by atoms with E-state index in [1.165, 1.54) is 36.0 Å². The number of rotatable bonds is 10. The van der Waals surface area contributed by atoms with E-state index in [4.69, 9.17) is 5.11 Å². The fourth-order valence-corrected chi connectivity index (χ4v) is 4.04. The molecule has 0 heterocycles. The average molecular weight is 359 g/mol. The molecule has 26 heavy (non-hydrogen) atoms. The van der Waals surface area contributed by atoms with E-state index in [9.17, 15) is 0 Å². The quantitative estimate of drug-likeness (QED) is 0.403. The number of aliphatic hydroxyl groups is 1. The summed E-state index contributed by atoms with van der Waals surface area (Å²) in [7, 11) is 0. The Morgan fingerprint density at radius 2 is 2.00 bits per heavy atom. The molecule has 1 fully saturated rings. The van der Waals surface area contributed by atoms with Gasteiger partial charge in [-0.25, -0.2) is 0 Å². The Bertz CT molecular complexity index is 530. The smallest absolute Gasteiger partial charge is 0.0614 e. The summed E-state index contributed by atoms with van der Waals surface area (Å²) in [6.07, 6.45) is 15.8. The van der Waals surface area contributed by atoms with Crippen LogP contribution in [0.4, 0.5) is 0 Å². The molecule has 0 aromatic carbocycles. The first-order valence-corrected chi connectivity index (χ1v) is 10.4. The van der Waals surface area contributed by atoms with Crippen LogP contribution in [0.3, 0.4) is 0 Å². The molecule has 0 aromatic heterocycles. The Morgan fingerprint density at radius 3 is 2.62 bits per heavy atom. The first-order chi connectivity index (χ1) is 12.1. The molecule has 1 atom stereocenters. The van der Waals surface area contributed by atoms with Crippen LogP contribution in [0.1, 0.15) is 86.0 Å². The van der Waals surface area contributed by atoms with Gasteiger partial charge in [0.15, 0.2) is 0 Å². The molecule has 0 saturated heterocycles. The van der Waals surface area contributed by atoms with E-state index in [1.54, 1.807) is 0 Å². The van der Waals surface area contributed by atoms with Gasteiger partial charge in [0.05, 0.1) is 6.61 Å². The Hall–Kier alpha value is -1.08. The summed E-state index contributed by atoms with van der Waals surface area (Å²) in [5.41, 5.74) is 4.66. The lowest BCUT2D eigenvalue weighted by molar-refractivity contribution is 0.187. The topological polar surface area (TPSA) is 20.2 Å². The number of aliphatic hydroxyl groups excluding tert-OH is 1. The van der Waals surface area contributed by atoms with Crippen LogP contribution in [0, 0.1) is 16.7 Å². The van der Waals surface area contributed by atoms with Gasteiger partial charge in [0.25, 0.3) is 0 Å². The molecule has 1 heteroatoms. The highest BCUT2D eigenvalue weighted by molar-refractivity contribution is 5.14. The SMILES string of the molecule is C=C(CCC(C)(C)/C=C/CC/C(C)=C\CO)C[C@@H]1C(=C)CCCC1(C)C. The Labute approximate surface area is 163 Å². The van der Waals surface area contributed by atoms with Gasteiger partial charge in [0, 0.05) is 0 Å². The third-order valence-corrected chi connectivity index (χ3v) is 6.08. The van der Waals surface area contributed by atoms with E-state index in [0.717, 1.165) is 32.1 Å². The van der Waals surface area contributed by atoms with Gasteiger partial charge in [0.2, 0.25) is 0 Å². The van der Waals surface area contributed by atoms with Crippen LogP contribution in [0.5, 0.6) is 0 Å². The van der Waals surface area contributed by atoms with Crippen LogP contribution in [-0.2, 0) is 0 Å². The van der Waals surface area contributed by atoms with Crippen molar-refractivity contribution >= 4 is 0 Å². The van der Waals surface area contributed by atoms with Crippen LogP contribution < -0.4 is 0 Å². The summed E-state index contributed by atoms with van der Waals surface area (Å²) in [4.78, 5) is 0. The van der Waals surface area contributed by atoms with E-state index < -0.39 is 0 Å². The Morgan fingerprint density at radius 1 is 1.31 bits per heavy atom. The summed E-state index contributed by atoms with van der Waals surface area (Å²) in [5, 5.41) is 8.90. The zero-order valence-electron chi connectivity index (χ0n) is 18.0. The maximum Gasteiger partial charge on any atom is 0.0614 e. The van der Waals surface area contributed by atoms with Gasteiger partial charge in [-0.15, -0.1) is 0 Å². The highest BCUT2D eigenvalue weighted by Crippen LogP contribution is 2.46. The molecule has 0 radical (unpaired) electrons. The van der Waals surface area contributed by atoms with Crippen molar-refractivity contribution in [2.24, 2.45) is 16.7 Å². The van der Waals surface area contributed by atoms with E-state index in [-0.39, 0.29) is 12.0 Å². The van der Waals surface area contributed by atoms with Crippen molar-refractivity contribution in [1.82, 2.24) is 0 Å². The van der Waals surface area contributed by atoms with Crippen molar-refractivity contribution in [3.63, 3.8) is 0 Å². The van der Waals surface area contributed by atoms with Crippen LogP contribution >= 0.6 is 0 Å². The van der Waals surface area contributed by atoms with Crippen LogP contribution in [0.25, 0.3) is 0 Å². The lowest BCUT2D eigenvalue weighted by Crippen LogP contribution is -2.29. The molecule has 1 aliphatic rings. The second-order valence-electron chi connectivity index (χ2n) is 9.67. The minimum atomic E-state index is 0.146. The van der Waals surface area contributed by atoms with E-state index in [1.807, 2.05) is 6.08 Å². The fourth-order valence-electron chi connectivity index (χ4n) is 4.04. The van der Waals surface area contributed by atoms with E-state index >= 15 is 0 Å². The van der Waals surface area contributed by atoms with Crippen molar-refractivity contribution in [3.8, 4) is 0 Å². The molecule has 0 amide bonds. The standard InChI is InChI=1S/C25H42O/c1-20(14-18-26)11-8-9-15-24(4,5)17-13-21(2)19-23-22(3)12-10-16-25(23,6)7/h9,14-15,23,26H,2-3,8,10-13,16-19H2,1,4-7H3/b15-9+,20-14-/t23-/m1/s1. The predicted molar refractivity (Wildman–Crippen MR) is 116 cm³/mol. The van der Waals surface area contributed by atoms with Crippen molar-refractivity contribution in [3.05, 3.63) is 48.1 Å². The summed E-state index contributed by atoms with van der Waals surface area (Å²) in [6.45, 7) is 20.4. The van der Waals surface area contributed by atoms with Crippen LogP contribution in [0.2, 0.25) is 0 Å². The van der Waals surface area contributed by atoms with Crippen LogP contribution in [0.15, 0.2) is 48.1 Å². The normalized spacial score (nSPS) is 21.4.